The molecule has 1 aromatic heterocycles. The van der Waals surface area contributed by atoms with E-state index in [9.17, 15) is 8.42 Å². The van der Waals surface area contributed by atoms with Gasteiger partial charge in [-0.3, -0.25) is 0 Å². The number of rotatable bonds is 4. The van der Waals surface area contributed by atoms with Gasteiger partial charge >= 0.3 is 0 Å². The summed E-state index contributed by atoms with van der Waals surface area (Å²) in [5, 5.41) is 12.5. The highest BCUT2D eigenvalue weighted by Gasteiger charge is 2.16. The topological polar surface area (TPSA) is 119 Å². The Morgan fingerprint density at radius 1 is 1.47 bits per heavy atom. The SMILES string of the molecule is CS(=O)(=O)c1cccc(-c2nc(C(N)CO)no2)c1. The molecule has 0 spiro atoms. The first-order valence-corrected chi connectivity index (χ1v) is 7.31. The van der Waals surface area contributed by atoms with E-state index in [1.807, 2.05) is 0 Å². The Bertz CT molecular complexity index is 681. The van der Waals surface area contributed by atoms with Gasteiger partial charge < -0.3 is 15.4 Å². The molecule has 0 radical (unpaired) electrons. The molecule has 0 aliphatic carbocycles. The minimum atomic E-state index is -3.30. The zero-order chi connectivity index (χ0) is 14.0. The zero-order valence-corrected chi connectivity index (χ0v) is 11.0. The molecule has 0 saturated heterocycles. The minimum Gasteiger partial charge on any atom is -0.394 e. The molecular formula is C11H13N3O4S. The highest BCUT2D eigenvalue weighted by Crippen LogP contribution is 2.21. The van der Waals surface area contributed by atoms with Gasteiger partial charge in [0.1, 0.15) is 0 Å². The Labute approximate surface area is 110 Å². The summed E-state index contributed by atoms with van der Waals surface area (Å²) in [6.45, 7) is -0.303. The fraction of sp³-hybridized carbons (Fsp3) is 0.273. The van der Waals surface area contributed by atoms with E-state index in [0.29, 0.717) is 5.56 Å². The average Bonchev–Trinajstić information content (AvgIpc) is 2.86. The van der Waals surface area contributed by atoms with Gasteiger partial charge in [0.05, 0.1) is 17.5 Å². The van der Waals surface area contributed by atoms with Gasteiger partial charge in [0.2, 0.25) is 0 Å². The molecule has 19 heavy (non-hydrogen) atoms. The molecule has 8 heteroatoms. The fourth-order valence-corrected chi connectivity index (χ4v) is 2.11. The lowest BCUT2D eigenvalue weighted by Crippen LogP contribution is -2.15. The molecule has 0 aliphatic rings. The highest BCUT2D eigenvalue weighted by molar-refractivity contribution is 7.90. The predicted molar refractivity (Wildman–Crippen MR) is 66.9 cm³/mol. The first-order valence-electron chi connectivity index (χ1n) is 5.42. The van der Waals surface area contributed by atoms with E-state index >= 15 is 0 Å². The molecule has 0 aliphatic heterocycles. The van der Waals surface area contributed by atoms with Gasteiger partial charge in [-0.2, -0.15) is 4.98 Å². The third-order valence-corrected chi connectivity index (χ3v) is 3.59. The van der Waals surface area contributed by atoms with Crippen molar-refractivity contribution in [2.75, 3.05) is 12.9 Å². The number of hydrogen-bond donors (Lipinski definition) is 2. The van der Waals surface area contributed by atoms with Crippen molar-refractivity contribution >= 4 is 9.84 Å². The number of aliphatic hydroxyl groups excluding tert-OH is 1. The summed E-state index contributed by atoms with van der Waals surface area (Å²) in [6, 6.07) is 5.43. The van der Waals surface area contributed by atoms with Crippen LogP contribution >= 0.6 is 0 Å². The molecule has 0 saturated carbocycles. The van der Waals surface area contributed by atoms with Crippen LogP contribution in [0.15, 0.2) is 33.7 Å². The number of nitrogens with two attached hydrogens (primary N) is 1. The first kappa shape index (κ1) is 13.7. The maximum absolute atomic E-state index is 11.5. The predicted octanol–water partition coefficient (Wildman–Crippen LogP) is 0.132. The fourth-order valence-electron chi connectivity index (χ4n) is 1.44. The van der Waals surface area contributed by atoms with Gasteiger partial charge in [0, 0.05) is 11.8 Å². The minimum absolute atomic E-state index is 0.157. The third kappa shape index (κ3) is 2.98. The monoisotopic (exact) mass is 283 g/mol. The Hall–Kier alpha value is -1.77. The van der Waals surface area contributed by atoms with Crippen molar-refractivity contribution in [3.8, 4) is 11.5 Å². The maximum atomic E-state index is 11.5. The van der Waals surface area contributed by atoms with Gasteiger partial charge in [-0.15, -0.1) is 0 Å². The van der Waals surface area contributed by atoms with Crippen molar-refractivity contribution in [1.29, 1.82) is 0 Å². The molecule has 3 N–H and O–H groups in total. The van der Waals surface area contributed by atoms with Crippen LogP contribution < -0.4 is 5.73 Å². The van der Waals surface area contributed by atoms with Crippen LogP contribution in [-0.2, 0) is 9.84 Å². The van der Waals surface area contributed by atoms with Crippen LogP contribution in [0.25, 0.3) is 11.5 Å². The van der Waals surface area contributed by atoms with Crippen LogP contribution in [0, 0.1) is 0 Å². The lowest BCUT2D eigenvalue weighted by atomic mass is 10.2. The van der Waals surface area contributed by atoms with Crippen LogP contribution in [0.4, 0.5) is 0 Å². The van der Waals surface area contributed by atoms with Crippen molar-refractivity contribution in [2.45, 2.75) is 10.9 Å². The average molecular weight is 283 g/mol. The molecule has 1 heterocycles. The van der Waals surface area contributed by atoms with Crippen LogP contribution in [0.2, 0.25) is 0 Å². The molecule has 2 rings (SSSR count). The van der Waals surface area contributed by atoms with Crippen molar-refractivity contribution in [3.05, 3.63) is 30.1 Å². The third-order valence-electron chi connectivity index (χ3n) is 2.48. The van der Waals surface area contributed by atoms with Crippen LogP contribution in [0.5, 0.6) is 0 Å². The summed E-state index contributed by atoms with van der Waals surface area (Å²) >= 11 is 0. The zero-order valence-electron chi connectivity index (χ0n) is 10.1. The van der Waals surface area contributed by atoms with Crippen LogP contribution in [0.1, 0.15) is 11.9 Å². The summed E-state index contributed by atoms with van der Waals surface area (Å²) < 4.78 is 27.9. The van der Waals surface area contributed by atoms with Gasteiger partial charge in [-0.25, -0.2) is 8.42 Å². The summed E-state index contributed by atoms with van der Waals surface area (Å²) in [7, 11) is -3.30. The molecular weight excluding hydrogens is 270 g/mol. The molecule has 1 unspecified atom stereocenters. The first-order chi connectivity index (χ1) is 8.91. The Balaban J connectivity index is 2.40. The van der Waals surface area contributed by atoms with Gasteiger partial charge in [0.15, 0.2) is 15.7 Å². The van der Waals surface area contributed by atoms with E-state index in [4.69, 9.17) is 15.4 Å². The second kappa shape index (κ2) is 5.08. The Morgan fingerprint density at radius 2 is 2.21 bits per heavy atom. The van der Waals surface area contributed by atoms with Crippen molar-refractivity contribution in [3.63, 3.8) is 0 Å². The van der Waals surface area contributed by atoms with Crippen molar-refractivity contribution < 1.29 is 18.0 Å². The highest BCUT2D eigenvalue weighted by atomic mass is 32.2. The summed E-state index contributed by atoms with van der Waals surface area (Å²) in [5.41, 5.74) is 6.03. The molecule has 0 amide bonds. The maximum Gasteiger partial charge on any atom is 0.258 e. The number of aromatic nitrogens is 2. The summed E-state index contributed by atoms with van der Waals surface area (Å²) in [4.78, 5) is 4.18. The number of nitrogens with zero attached hydrogens (tertiary/aromatic N) is 2. The quantitative estimate of drug-likeness (QED) is 0.818. The number of sulfone groups is 1. The smallest absolute Gasteiger partial charge is 0.258 e. The van der Waals surface area contributed by atoms with E-state index in [0.717, 1.165) is 6.26 Å². The molecule has 1 atom stereocenters. The lowest BCUT2D eigenvalue weighted by Gasteiger charge is -2.00. The molecule has 7 nitrogen and oxygen atoms in total. The van der Waals surface area contributed by atoms with E-state index in [-0.39, 0.29) is 23.2 Å². The van der Waals surface area contributed by atoms with Gasteiger partial charge in [-0.05, 0) is 18.2 Å². The second-order valence-corrected chi connectivity index (χ2v) is 6.06. The molecule has 1 aromatic carbocycles. The molecule has 0 fully saturated rings. The second-order valence-electron chi connectivity index (χ2n) is 4.05. The number of aliphatic hydroxyl groups is 1. The number of benzene rings is 1. The van der Waals surface area contributed by atoms with Crippen molar-refractivity contribution in [1.82, 2.24) is 10.1 Å². The van der Waals surface area contributed by atoms with Crippen LogP contribution in [0.3, 0.4) is 0 Å². The number of hydrogen-bond acceptors (Lipinski definition) is 7. The van der Waals surface area contributed by atoms with E-state index < -0.39 is 15.9 Å². The lowest BCUT2D eigenvalue weighted by molar-refractivity contribution is 0.260. The van der Waals surface area contributed by atoms with Crippen molar-refractivity contribution in [2.24, 2.45) is 5.73 Å². The molecule has 0 bridgehead atoms. The largest absolute Gasteiger partial charge is 0.394 e. The summed E-state index contributed by atoms with van der Waals surface area (Å²) in [5.74, 6) is 0.326. The van der Waals surface area contributed by atoms with E-state index in [1.165, 1.54) is 12.1 Å². The van der Waals surface area contributed by atoms with Crippen LogP contribution in [-0.4, -0.2) is 36.5 Å². The van der Waals surface area contributed by atoms with Gasteiger partial charge in [-0.1, -0.05) is 11.2 Å². The Morgan fingerprint density at radius 3 is 2.84 bits per heavy atom. The van der Waals surface area contributed by atoms with E-state index in [1.54, 1.807) is 12.1 Å². The molecule has 102 valence electrons. The Kier molecular flexibility index (Phi) is 3.65. The summed E-state index contributed by atoms with van der Waals surface area (Å²) in [6.07, 6.45) is 1.12. The molecule has 2 aromatic rings. The normalized spacial score (nSPS) is 13.4. The van der Waals surface area contributed by atoms with E-state index in [2.05, 4.69) is 10.1 Å². The van der Waals surface area contributed by atoms with Gasteiger partial charge in [0.25, 0.3) is 5.89 Å². The standard InChI is InChI=1S/C11H13N3O4S/c1-19(16,17)8-4-2-3-7(5-8)11-13-10(14-18-11)9(12)6-15/h2-5,9,15H,6,12H2,1H3.